The zero-order valence-electron chi connectivity index (χ0n) is 9.03. The van der Waals surface area contributed by atoms with Crippen molar-refractivity contribution in [2.24, 2.45) is 11.7 Å². The largest absolute Gasteiger partial charge is 0.389 e. The van der Waals surface area contributed by atoms with E-state index in [9.17, 15) is 0 Å². The van der Waals surface area contributed by atoms with Crippen LogP contribution in [0, 0.1) is 5.92 Å². The predicted octanol–water partition coefficient (Wildman–Crippen LogP) is 1.57. The molecule has 0 bridgehead atoms. The van der Waals surface area contributed by atoms with Crippen LogP contribution in [0.5, 0.6) is 0 Å². The lowest BCUT2D eigenvalue weighted by Crippen LogP contribution is -2.16. The van der Waals surface area contributed by atoms with Crippen molar-refractivity contribution in [2.45, 2.75) is 20.3 Å². The molecule has 0 spiro atoms. The molecule has 0 aromatic carbocycles. The number of hydrogen-bond donors (Lipinski definition) is 2. The molecule has 1 heterocycles. The molecule has 1 aromatic rings. The van der Waals surface area contributed by atoms with Crippen molar-refractivity contribution in [1.29, 1.82) is 0 Å². The fourth-order valence-electron chi connectivity index (χ4n) is 1.14. The van der Waals surface area contributed by atoms with Gasteiger partial charge in [0.15, 0.2) is 5.82 Å². The second kappa shape index (κ2) is 5.60. The van der Waals surface area contributed by atoms with Crippen LogP contribution >= 0.6 is 12.2 Å². The Morgan fingerprint density at radius 1 is 1.60 bits per heavy atom. The third kappa shape index (κ3) is 3.79. The van der Waals surface area contributed by atoms with Crippen molar-refractivity contribution >= 4 is 23.0 Å². The van der Waals surface area contributed by atoms with Crippen molar-refractivity contribution in [3.05, 3.63) is 17.8 Å². The summed E-state index contributed by atoms with van der Waals surface area (Å²) in [5, 5.41) is 11.0. The molecule has 0 aliphatic heterocycles. The number of aromatic nitrogens is 2. The number of anilines is 1. The maximum atomic E-state index is 5.57. The van der Waals surface area contributed by atoms with Gasteiger partial charge in [-0.05, 0) is 18.4 Å². The summed E-state index contributed by atoms with van der Waals surface area (Å²) in [4.78, 5) is 0.344. The topological polar surface area (TPSA) is 63.8 Å². The standard InChI is InChI=1S/C10H16N4S/c1-7(2)3-5-12-10-8(9(11)15)4-6-13-14-10/h4,6-7H,3,5H2,1-2H3,(H2,11,15)(H,12,14). The highest BCUT2D eigenvalue weighted by Gasteiger charge is 2.05. The Balaban J connectivity index is 2.63. The van der Waals surface area contributed by atoms with E-state index in [1.165, 1.54) is 0 Å². The van der Waals surface area contributed by atoms with Gasteiger partial charge in [0.05, 0.1) is 11.8 Å². The Kier molecular flexibility index (Phi) is 4.42. The monoisotopic (exact) mass is 224 g/mol. The van der Waals surface area contributed by atoms with E-state index in [1.54, 1.807) is 12.3 Å². The molecule has 0 unspecified atom stereocenters. The summed E-state index contributed by atoms with van der Waals surface area (Å²) in [6, 6.07) is 1.77. The molecule has 1 rings (SSSR count). The van der Waals surface area contributed by atoms with Gasteiger partial charge in [-0.2, -0.15) is 5.10 Å². The molecule has 0 amide bonds. The van der Waals surface area contributed by atoms with Crippen LogP contribution in [0.4, 0.5) is 5.82 Å². The van der Waals surface area contributed by atoms with Gasteiger partial charge in [-0.15, -0.1) is 5.10 Å². The number of nitrogens with one attached hydrogen (secondary N) is 1. The third-order valence-corrected chi connectivity index (χ3v) is 2.22. The Morgan fingerprint density at radius 2 is 2.33 bits per heavy atom. The minimum atomic E-state index is 0.344. The second-order valence-electron chi connectivity index (χ2n) is 3.77. The number of thiocarbonyl (C=S) groups is 1. The molecule has 4 nitrogen and oxygen atoms in total. The first-order valence-corrected chi connectivity index (χ1v) is 5.37. The van der Waals surface area contributed by atoms with Crippen molar-refractivity contribution in [3.63, 3.8) is 0 Å². The molecule has 1 aromatic heterocycles. The van der Waals surface area contributed by atoms with E-state index in [2.05, 4.69) is 29.4 Å². The number of hydrogen-bond acceptors (Lipinski definition) is 4. The Bertz CT molecular complexity index is 338. The number of rotatable bonds is 5. The van der Waals surface area contributed by atoms with E-state index >= 15 is 0 Å². The normalized spacial score (nSPS) is 10.3. The molecule has 0 atom stereocenters. The first kappa shape index (κ1) is 11.8. The van der Waals surface area contributed by atoms with Gasteiger partial charge in [-0.25, -0.2) is 0 Å². The Morgan fingerprint density at radius 3 is 2.93 bits per heavy atom. The van der Waals surface area contributed by atoms with Gasteiger partial charge >= 0.3 is 0 Å². The van der Waals surface area contributed by atoms with Crippen LogP contribution < -0.4 is 11.1 Å². The van der Waals surface area contributed by atoms with Crippen LogP contribution in [-0.4, -0.2) is 21.7 Å². The average molecular weight is 224 g/mol. The first-order valence-electron chi connectivity index (χ1n) is 4.96. The van der Waals surface area contributed by atoms with E-state index in [1.807, 2.05) is 0 Å². The fourth-order valence-corrected chi connectivity index (χ4v) is 1.31. The predicted molar refractivity (Wildman–Crippen MR) is 65.9 cm³/mol. The van der Waals surface area contributed by atoms with Gasteiger partial charge < -0.3 is 11.1 Å². The molecule has 0 radical (unpaired) electrons. The van der Waals surface area contributed by atoms with Crippen LogP contribution in [0.3, 0.4) is 0 Å². The zero-order chi connectivity index (χ0) is 11.3. The Labute approximate surface area is 95.3 Å². The molecule has 0 fully saturated rings. The summed E-state index contributed by atoms with van der Waals surface area (Å²) in [6.07, 6.45) is 2.66. The lowest BCUT2D eigenvalue weighted by atomic mass is 10.1. The summed E-state index contributed by atoms with van der Waals surface area (Å²) < 4.78 is 0. The van der Waals surface area contributed by atoms with Gasteiger partial charge in [-0.3, -0.25) is 0 Å². The lowest BCUT2D eigenvalue weighted by Gasteiger charge is -2.09. The molecular formula is C10H16N4S. The maximum absolute atomic E-state index is 5.57. The molecule has 15 heavy (non-hydrogen) atoms. The quantitative estimate of drug-likeness (QED) is 0.743. The maximum Gasteiger partial charge on any atom is 0.158 e. The highest BCUT2D eigenvalue weighted by Crippen LogP contribution is 2.10. The minimum absolute atomic E-state index is 0.344. The highest BCUT2D eigenvalue weighted by molar-refractivity contribution is 7.80. The van der Waals surface area contributed by atoms with E-state index in [-0.39, 0.29) is 0 Å². The molecule has 0 aliphatic carbocycles. The first-order chi connectivity index (χ1) is 7.11. The molecule has 82 valence electrons. The molecular weight excluding hydrogens is 208 g/mol. The zero-order valence-corrected chi connectivity index (χ0v) is 9.84. The average Bonchev–Trinajstić information content (AvgIpc) is 2.17. The number of nitrogens with zero attached hydrogens (tertiary/aromatic N) is 2. The van der Waals surface area contributed by atoms with Gasteiger partial charge in [0.25, 0.3) is 0 Å². The lowest BCUT2D eigenvalue weighted by molar-refractivity contribution is 0.606. The van der Waals surface area contributed by atoms with Gasteiger partial charge in [0.1, 0.15) is 4.99 Å². The van der Waals surface area contributed by atoms with Gasteiger partial charge in [0, 0.05) is 6.54 Å². The SMILES string of the molecule is CC(C)CCNc1nnccc1C(N)=S. The molecule has 0 saturated heterocycles. The summed E-state index contributed by atoms with van der Waals surface area (Å²) in [6.45, 7) is 5.20. The third-order valence-electron chi connectivity index (χ3n) is 2.00. The van der Waals surface area contributed by atoms with Crippen LogP contribution in [-0.2, 0) is 0 Å². The van der Waals surface area contributed by atoms with Gasteiger partial charge in [-0.1, -0.05) is 26.1 Å². The van der Waals surface area contributed by atoms with Crippen molar-refractivity contribution in [1.82, 2.24) is 10.2 Å². The molecule has 0 aliphatic rings. The summed E-state index contributed by atoms with van der Waals surface area (Å²) >= 11 is 4.92. The molecule has 3 N–H and O–H groups in total. The van der Waals surface area contributed by atoms with Crippen LogP contribution in [0.2, 0.25) is 0 Å². The van der Waals surface area contributed by atoms with E-state index in [0.29, 0.717) is 16.7 Å². The molecule has 0 saturated carbocycles. The Hall–Kier alpha value is -1.23. The smallest absolute Gasteiger partial charge is 0.158 e. The second-order valence-corrected chi connectivity index (χ2v) is 4.21. The number of nitrogens with two attached hydrogens (primary N) is 1. The fraction of sp³-hybridized carbons (Fsp3) is 0.500. The van der Waals surface area contributed by atoms with Crippen molar-refractivity contribution in [3.8, 4) is 0 Å². The van der Waals surface area contributed by atoms with Crippen LogP contribution in [0.1, 0.15) is 25.8 Å². The summed E-state index contributed by atoms with van der Waals surface area (Å²) in [5.41, 5.74) is 6.32. The summed E-state index contributed by atoms with van der Waals surface area (Å²) in [7, 11) is 0. The molecule has 5 heteroatoms. The van der Waals surface area contributed by atoms with E-state index < -0.39 is 0 Å². The van der Waals surface area contributed by atoms with Gasteiger partial charge in [0.2, 0.25) is 0 Å². The highest BCUT2D eigenvalue weighted by atomic mass is 32.1. The summed E-state index contributed by atoms with van der Waals surface area (Å²) in [5.74, 6) is 1.33. The van der Waals surface area contributed by atoms with E-state index in [4.69, 9.17) is 18.0 Å². The van der Waals surface area contributed by atoms with E-state index in [0.717, 1.165) is 18.5 Å². The van der Waals surface area contributed by atoms with Crippen molar-refractivity contribution in [2.75, 3.05) is 11.9 Å². The van der Waals surface area contributed by atoms with Crippen LogP contribution in [0.25, 0.3) is 0 Å². The van der Waals surface area contributed by atoms with Crippen LogP contribution in [0.15, 0.2) is 12.3 Å². The van der Waals surface area contributed by atoms with Crippen molar-refractivity contribution < 1.29 is 0 Å². The minimum Gasteiger partial charge on any atom is -0.389 e.